The number of hydrogen-bond acceptors (Lipinski definition) is 2. The second-order valence-electron chi connectivity index (χ2n) is 2.32. The molecule has 2 N–H and O–H groups in total. The lowest BCUT2D eigenvalue weighted by molar-refractivity contribution is 0.758. The first kappa shape index (κ1) is 7.83. The van der Waals surface area contributed by atoms with E-state index >= 15 is 0 Å². The molecule has 0 aliphatic heterocycles. The molecule has 1 aromatic heterocycles. The van der Waals surface area contributed by atoms with E-state index in [1.807, 2.05) is 22.9 Å². The van der Waals surface area contributed by atoms with Gasteiger partial charge in [-0.15, -0.1) is 0 Å². The average Bonchev–Trinajstić information content (AvgIpc) is 2.39. The van der Waals surface area contributed by atoms with Gasteiger partial charge in [0, 0.05) is 11.9 Å². The molecule has 0 atom stereocenters. The highest BCUT2D eigenvalue weighted by atomic mass is 15.0. The van der Waals surface area contributed by atoms with E-state index in [0.717, 1.165) is 12.1 Å². The summed E-state index contributed by atoms with van der Waals surface area (Å²) in [6, 6.07) is 6.01. The Kier molecular flexibility index (Phi) is 2.70. The number of nitrogens with two attached hydrogens (primary N) is 1. The van der Waals surface area contributed by atoms with Crippen molar-refractivity contribution < 1.29 is 0 Å². The predicted octanol–water partition coefficient (Wildman–Crippen LogP) is 0.513. The summed E-state index contributed by atoms with van der Waals surface area (Å²) in [5.74, 6) is 0. The topological polar surface area (TPSA) is 54.7 Å². The van der Waals surface area contributed by atoms with Gasteiger partial charge in [-0.05, 0) is 25.1 Å². The molecular formula is C8H11N3. The fourth-order valence-electron chi connectivity index (χ4n) is 1.05. The molecule has 0 amide bonds. The molecular weight excluding hydrogens is 138 g/mol. The zero-order valence-corrected chi connectivity index (χ0v) is 6.33. The number of nitrogens with zero attached hydrogens (tertiary/aromatic N) is 2. The van der Waals surface area contributed by atoms with Crippen LogP contribution in [0.1, 0.15) is 5.69 Å². The molecule has 1 heterocycles. The fourth-order valence-corrected chi connectivity index (χ4v) is 1.05. The highest BCUT2D eigenvalue weighted by molar-refractivity contribution is 5.08. The summed E-state index contributed by atoms with van der Waals surface area (Å²) < 4.78 is 1.91. The molecule has 3 nitrogen and oxygen atoms in total. The minimum Gasteiger partial charge on any atom is -0.338 e. The molecule has 0 saturated carbocycles. The Morgan fingerprint density at radius 3 is 3.09 bits per heavy atom. The van der Waals surface area contributed by atoms with Gasteiger partial charge < -0.3 is 10.3 Å². The van der Waals surface area contributed by atoms with E-state index < -0.39 is 0 Å². The van der Waals surface area contributed by atoms with Gasteiger partial charge in [-0.1, -0.05) is 0 Å². The number of hydrogen-bond donors (Lipinski definition) is 1. The molecule has 1 rings (SSSR count). The summed E-state index contributed by atoms with van der Waals surface area (Å²) >= 11 is 0. The summed E-state index contributed by atoms with van der Waals surface area (Å²) in [7, 11) is 0. The second-order valence-corrected chi connectivity index (χ2v) is 2.32. The first-order valence-corrected chi connectivity index (χ1v) is 3.59. The lowest BCUT2D eigenvalue weighted by atomic mass is 10.3. The molecule has 0 fully saturated rings. The van der Waals surface area contributed by atoms with E-state index in [1.54, 1.807) is 0 Å². The normalized spacial score (nSPS) is 9.45. The Morgan fingerprint density at radius 1 is 1.64 bits per heavy atom. The summed E-state index contributed by atoms with van der Waals surface area (Å²) in [6.45, 7) is 1.05. The Balaban J connectivity index is 2.71. The van der Waals surface area contributed by atoms with Crippen molar-refractivity contribution in [3.05, 3.63) is 24.0 Å². The molecule has 58 valence electrons. The Labute approximate surface area is 66.0 Å². The summed E-state index contributed by atoms with van der Waals surface area (Å²) in [4.78, 5) is 0. The summed E-state index contributed by atoms with van der Waals surface area (Å²) in [6.07, 6.45) is 2.74. The van der Waals surface area contributed by atoms with Crippen molar-refractivity contribution in [3.8, 4) is 6.07 Å². The first-order valence-electron chi connectivity index (χ1n) is 3.59. The van der Waals surface area contributed by atoms with Gasteiger partial charge in [0.25, 0.3) is 0 Å². The lowest BCUT2D eigenvalue weighted by Crippen LogP contribution is -2.07. The van der Waals surface area contributed by atoms with Crippen LogP contribution in [0.25, 0.3) is 0 Å². The van der Waals surface area contributed by atoms with Gasteiger partial charge in [0.05, 0.1) is 6.07 Å². The van der Waals surface area contributed by atoms with Crippen molar-refractivity contribution >= 4 is 0 Å². The number of rotatable bonds is 3. The average molecular weight is 149 g/mol. The van der Waals surface area contributed by atoms with Gasteiger partial charge in [0.1, 0.15) is 6.54 Å². The van der Waals surface area contributed by atoms with E-state index in [1.165, 1.54) is 0 Å². The zero-order chi connectivity index (χ0) is 8.10. The van der Waals surface area contributed by atoms with Gasteiger partial charge in [0.2, 0.25) is 0 Å². The van der Waals surface area contributed by atoms with E-state index in [4.69, 9.17) is 11.0 Å². The van der Waals surface area contributed by atoms with Crippen LogP contribution in [0.15, 0.2) is 18.3 Å². The molecule has 11 heavy (non-hydrogen) atoms. The molecule has 3 heteroatoms. The van der Waals surface area contributed by atoms with Crippen molar-refractivity contribution in [3.63, 3.8) is 0 Å². The standard InChI is InChI=1S/C8H11N3/c9-4-3-8-2-1-6-11(8)7-5-10/h1-2,6H,3-4,7,9H2. The third-order valence-electron chi connectivity index (χ3n) is 1.57. The zero-order valence-electron chi connectivity index (χ0n) is 6.33. The van der Waals surface area contributed by atoms with Crippen LogP contribution in [0.4, 0.5) is 0 Å². The third-order valence-corrected chi connectivity index (χ3v) is 1.57. The summed E-state index contributed by atoms with van der Waals surface area (Å²) in [5, 5.41) is 8.43. The highest BCUT2D eigenvalue weighted by Gasteiger charge is 1.96. The van der Waals surface area contributed by atoms with Crippen molar-refractivity contribution in [2.75, 3.05) is 6.54 Å². The molecule has 0 radical (unpaired) electrons. The molecule has 0 spiro atoms. The quantitative estimate of drug-likeness (QED) is 0.680. The third kappa shape index (κ3) is 1.82. The van der Waals surface area contributed by atoms with Gasteiger partial charge in [-0.3, -0.25) is 0 Å². The van der Waals surface area contributed by atoms with Crippen molar-refractivity contribution in [1.29, 1.82) is 5.26 Å². The Bertz CT molecular complexity index is 257. The molecule has 0 aliphatic carbocycles. The van der Waals surface area contributed by atoms with Gasteiger partial charge in [0.15, 0.2) is 0 Å². The van der Waals surface area contributed by atoms with Crippen LogP contribution in [0, 0.1) is 11.3 Å². The maximum absolute atomic E-state index is 8.43. The van der Waals surface area contributed by atoms with Gasteiger partial charge >= 0.3 is 0 Å². The van der Waals surface area contributed by atoms with E-state index in [-0.39, 0.29) is 0 Å². The number of nitriles is 1. The van der Waals surface area contributed by atoms with E-state index in [2.05, 4.69) is 6.07 Å². The maximum Gasteiger partial charge on any atom is 0.109 e. The fraction of sp³-hybridized carbons (Fsp3) is 0.375. The predicted molar refractivity (Wildman–Crippen MR) is 42.8 cm³/mol. The van der Waals surface area contributed by atoms with E-state index in [9.17, 15) is 0 Å². The van der Waals surface area contributed by atoms with Crippen LogP contribution in [0.5, 0.6) is 0 Å². The van der Waals surface area contributed by atoms with Crippen LogP contribution in [0.2, 0.25) is 0 Å². The molecule has 0 aromatic carbocycles. The molecule has 0 bridgehead atoms. The molecule has 1 aromatic rings. The second kappa shape index (κ2) is 3.79. The highest BCUT2D eigenvalue weighted by Crippen LogP contribution is 2.01. The summed E-state index contributed by atoms with van der Waals surface area (Å²) in [5.41, 5.74) is 6.52. The first-order chi connectivity index (χ1) is 5.38. The lowest BCUT2D eigenvalue weighted by Gasteiger charge is -2.01. The van der Waals surface area contributed by atoms with Crippen LogP contribution in [0.3, 0.4) is 0 Å². The smallest absolute Gasteiger partial charge is 0.109 e. The molecule has 0 saturated heterocycles. The van der Waals surface area contributed by atoms with Crippen molar-refractivity contribution in [2.24, 2.45) is 5.73 Å². The molecule has 0 aliphatic rings. The SMILES string of the molecule is N#CCn1cccc1CCN. The monoisotopic (exact) mass is 149 g/mol. The largest absolute Gasteiger partial charge is 0.338 e. The van der Waals surface area contributed by atoms with Gasteiger partial charge in [-0.25, -0.2) is 0 Å². The van der Waals surface area contributed by atoms with Crippen molar-refractivity contribution in [2.45, 2.75) is 13.0 Å². The maximum atomic E-state index is 8.43. The Morgan fingerprint density at radius 2 is 2.45 bits per heavy atom. The Hall–Kier alpha value is -1.27. The number of aromatic nitrogens is 1. The van der Waals surface area contributed by atoms with Crippen molar-refractivity contribution in [1.82, 2.24) is 4.57 Å². The van der Waals surface area contributed by atoms with Crippen LogP contribution in [-0.2, 0) is 13.0 Å². The molecule has 0 unspecified atom stereocenters. The minimum atomic E-state index is 0.419. The van der Waals surface area contributed by atoms with Crippen LogP contribution in [-0.4, -0.2) is 11.1 Å². The van der Waals surface area contributed by atoms with Gasteiger partial charge in [-0.2, -0.15) is 5.26 Å². The van der Waals surface area contributed by atoms with Crippen LogP contribution < -0.4 is 5.73 Å². The van der Waals surface area contributed by atoms with Crippen LogP contribution >= 0.6 is 0 Å². The van der Waals surface area contributed by atoms with E-state index in [0.29, 0.717) is 13.1 Å². The minimum absolute atomic E-state index is 0.419.